The van der Waals surface area contributed by atoms with Crippen molar-refractivity contribution in [3.8, 4) is 11.5 Å². The Morgan fingerprint density at radius 2 is 2.00 bits per heavy atom. The lowest BCUT2D eigenvalue weighted by molar-refractivity contribution is -0.149. The maximum atomic E-state index is 12.8. The van der Waals surface area contributed by atoms with Crippen LogP contribution in [0.25, 0.3) is 0 Å². The van der Waals surface area contributed by atoms with E-state index in [1.54, 1.807) is 36.1 Å². The molecule has 0 aromatic heterocycles. The van der Waals surface area contributed by atoms with Crippen LogP contribution in [0.5, 0.6) is 11.5 Å². The third-order valence-corrected chi connectivity index (χ3v) is 4.38. The number of amides is 1. The highest BCUT2D eigenvalue weighted by Crippen LogP contribution is 2.38. The standard InChI is InChI=1S/C19H17NO5/c1-2-23-19(22)17(12-7-8-15-16(9-12)25-11-24-15)20-10-13-5-3-4-6-14(13)18(20)21/h3-9,17H,2,10-11H2,1H3. The Morgan fingerprint density at radius 1 is 1.20 bits per heavy atom. The van der Waals surface area contributed by atoms with Crippen molar-refractivity contribution in [1.29, 1.82) is 0 Å². The van der Waals surface area contributed by atoms with E-state index >= 15 is 0 Å². The van der Waals surface area contributed by atoms with E-state index in [0.717, 1.165) is 5.56 Å². The molecule has 0 saturated carbocycles. The SMILES string of the molecule is CCOC(=O)C(c1ccc2c(c1)OCO2)N1Cc2ccccc2C1=O. The van der Waals surface area contributed by atoms with E-state index in [1.165, 1.54) is 0 Å². The van der Waals surface area contributed by atoms with Gasteiger partial charge in [0, 0.05) is 12.1 Å². The Hall–Kier alpha value is -3.02. The molecule has 0 radical (unpaired) electrons. The van der Waals surface area contributed by atoms with Gasteiger partial charge in [-0.25, -0.2) is 4.79 Å². The summed E-state index contributed by atoms with van der Waals surface area (Å²) in [6.07, 6.45) is 0. The van der Waals surface area contributed by atoms with Crippen molar-refractivity contribution < 1.29 is 23.8 Å². The zero-order valence-corrected chi connectivity index (χ0v) is 13.7. The second kappa shape index (κ2) is 6.12. The van der Waals surface area contributed by atoms with Crippen molar-refractivity contribution in [2.75, 3.05) is 13.4 Å². The minimum absolute atomic E-state index is 0.150. The monoisotopic (exact) mass is 339 g/mol. The first-order valence-corrected chi connectivity index (χ1v) is 8.14. The summed E-state index contributed by atoms with van der Waals surface area (Å²) in [5, 5.41) is 0. The van der Waals surface area contributed by atoms with Crippen LogP contribution in [0.1, 0.15) is 34.5 Å². The van der Waals surface area contributed by atoms with Crippen LogP contribution in [-0.4, -0.2) is 30.2 Å². The van der Waals surface area contributed by atoms with E-state index in [0.29, 0.717) is 29.2 Å². The second-order valence-electron chi connectivity index (χ2n) is 5.86. The van der Waals surface area contributed by atoms with Gasteiger partial charge < -0.3 is 19.1 Å². The molecule has 6 nitrogen and oxygen atoms in total. The van der Waals surface area contributed by atoms with Crippen molar-refractivity contribution in [2.45, 2.75) is 19.5 Å². The van der Waals surface area contributed by atoms with Crippen LogP contribution < -0.4 is 9.47 Å². The number of carbonyl (C=O) groups excluding carboxylic acids is 2. The zero-order valence-electron chi connectivity index (χ0n) is 13.7. The molecule has 1 amide bonds. The van der Waals surface area contributed by atoms with Crippen LogP contribution in [0.4, 0.5) is 0 Å². The molecule has 2 aromatic rings. The van der Waals surface area contributed by atoms with Crippen LogP contribution in [0.3, 0.4) is 0 Å². The summed E-state index contributed by atoms with van der Waals surface area (Å²) in [4.78, 5) is 27.0. The van der Waals surface area contributed by atoms with Gasteiger partial charge in [-0.05, 0) is 36.2 Å². The lowest BCUT2D eigenvalue weighted by atomic mass is 10.0. The fraction of sp³-hybridized carbons (Fsp3) is 0.263. The molecule has 0 spiro atoms. The fourth-order valence-corrected chi connectivity index (χ4v) is 3.23. The molecule has 0 aliphatic carbocycles. The average molecular weight is 339 g/mol. The summed E-state index contributed by atoms with van der Waals surface area (Å²) in [6.45, 7) is 2.51. The number of carbonyl (C=O) groups is 2. The molecular formula is C19H17NO5. The highest BCUT2D eigenvalue weighted by Gasteiger charge is 2.38. The number of ether oxygens (including phenoxy) is 3. The van der Waals surface area contributed by atoms with E-state index < -0.39 is 12.0 Å². The van der Waals surface area contributed by atoms with Crippen LogP contribution >= 0.6 is 0 Å². The maximum Gasteiger partial charge on any atom is 0.333 e. The van der Waals surface area contributed by atoms with Gasteiger partial charge >= 0.3 is 5.97 Å². The highest BCUT2D eigenvalue weighted by molar-refractivity contribution is 6.00. The molecular weight excluding hydrogens is 322 g/mol. The van der Waals surface area contributed by atoms with Gasteiger partial charge in [-0.15, -0.1) is 0 Å². The number of esters is 1. The summed E-state index contributed by atoms with van der Waals surface area (Å²) >= 11 is 0. The first-order chi connectivity index (χ1) is 12.2. The van der Waals surface area contributed by atoms with E-state index in [4.69, 9.17) is 14.2 Å². The Morgan fingerprint density at radius 3 is 2.80 bits per heavy atom. The Labute approximate surface area is 144 Å². The van der Waals surface area contributed by atoms with E-state index in [1.807, 2.05) is 18.2 Å². The number of hydrogen-bond donors (Lipinski definition) is 0. The number of benzene rings is 2. The summed E-state index contributed by atoms with van der Waals surface area (Å²) < 4.78 is 16.0. The average Bonchev–Trinajstić information content (AvgIpc) is 3.21. The summed E-state index contributed by atoms with van der Waals surface area (Å²) in [6, 6.07) is 11.8. The predicted octanol–water partition coefficient (Wildman–Crippen LogP) is 2.68. The molecule has 25 heavy (non-hydrogen) atoms. The Bertz CT molecular complexity index is 847. The van der Waals surface area contributed by atoms with Crippen LogP contribution in [0, 0.1) is 0 Å². The molecule has 2 aliphatic rings. The zero-order chi connectivity index (χ0) is 17.4. The first-order valence-electron chi connectivity index (χ1n) is 8.14. The van der Waals surface area contributed by atoms with Crippen molar-refractivity contribution in [2.24, 2.45) is 0 Å². The molecule has 1 atom stereocenters. The van der Waals surface area contributed by atoms with Gasteiger partial charge in [-0.2, -0.15) is 0 Å². The predicted molar refractivity (Wildman–Crippen MR) is 88.3 cm³/mol. The van der Waals surface area contributed by atoms with Gasteiger partial charge in [-0.1, -0.05) is 24.3 Å². The lowest BCUT2D eigenvalue weighted by Gasteiger charge is -2.26. The van der Waals surface area contributed by atoms with Crippen LogP contribution in [-0.2, 0) is 16.1 Å². The van der Waals surface area contributed by atoms with Crippen molar-refractivity contribution >= 4 is 11.9 Å². The lowest BCUT2D eigenvalue weighted by Crippen LogP contribution is -2.35. The molecule has 2 heterocycles. The van der Waals surface area contributed by atoms with Crippen LogP contribution in [0.2, 0.25) is 0 Å². The van der Waals surface area contributed by atoms with E-state index in [-0.39, 0.29) is 19.3 Å². The molecule has 128 valence electrons. The quantitative estimate of drug-likeness (QED) is 0.801. The Kier molecular flexibility index (Phi) is 3.80. The van der Waals surface area contributed by atoms with Gasteiger partial charge in [0.25, 0.3) is 5.91 Å². The van der Waals surface area contributed by atoms with Gasteiger partial charge in [0.05, 0.1) is 6.61 Å². The number of nitrogens with zero attached hydrogens (tertiary/aromatic N) is 1. The molecule has 1 unspecified atom stereocenters. The second-order valence-corrected chi connectivity index (χ2v) is 5.86. The summed E-state index contributed by atoms with van der Waals surface area (Å²) in [5.41, 5.74) is 2.17. The van der Waals surface area contributed by atoms with Crippen molar-refractivity contribution in [1.82, 2.24) is 4.90 Å². The minimum atomic E-state index is -0.825. The van der Waals surface area contributed by atoms with E-state index in [9.17, 15) is 9.59 Å². The number of fused-ring (bicyclic) bond motifs is 2. The van der Waals surface area contributed by atoms with E-state index in [2.05, 4.69) is 0 Å². The molecule has 4 rings (SSSR count). The van der Waals surface area contributed by atoms with Gasteiger partial charge in [0.15, 0.2) is 17.5 Å². The molecule has 2 aromatic carbocycles. The highest BCUT2D eigenvalue weighted by atomic mass is 16.7. The molecule has 6 heteroatoms. The first kappa shape index (κ1) is 15.5. The topological polar surface area (TPSA) is 65.1 Å². The molecule has 0 bridgehead atoms. The Balaban J connectivity index is 1.73. The largest absolute Gasteiger partial charge is 0.464 e. The third-order valence-electron chi connectivity index (χ3n) is 4.38. The number of rotatable bonds is 4. The molecule has 2 aliphatic heterocycles. The third kappa shape index (κ3) is 2.59. The normalized spacial score (nSPS) is 15.9. The molecule has 0 saturated heterocycles. The van der Waals surface area contributed by atoms with Gasteiger partial charge in [0.2, 0.25) is 6.79 Å². The maximum absolute atomic E-state index is 12.8. The summed E-state index contributed by atoms with van der Waals surface area (Å²) in [5.74, 6) is 0.562. The number of hydrogen-bond acceptors (Lipinski definition) is 5. The smallest absolute Gasteiger partial charge is 0.333 e. The van der Waals surface area contributed by atoms with Crippen molar-refractivity contribution in [3.05, 3.63) is 59.2 Å². The summed E-state index contributed by atoms with van der Waals surface area (Å²) in [7, 11) is 0. The van der Waals surface area contributed by atoms with Gasteiger partial charge in [-0.3, -0.25) is 4.79 Å². The van der Waals surface area contributed by atoms with Gasteiger partial charge in [0.1, 0.15) is 0 Å². The van der Waals surface area contributed by atoms with Crippen molar-refractivity contribution in [3.63, 3.8) is 0 Å². The molecule has 0 fully saturated rings. The van der Waals surface area contributed by atoms with Crippen LogP contribution in [0.15, 0.2) is 42.5 Å². The minimum Gasteiger partial charge on any atom is -0.464 e. The fourth-order valence-electron chi connectivity index (χ4n) is 3.23. The molecule has 0 N–H and O–H groups in total.